The van der Waals surface area contributed by atoms with Crippen molar-refractivity contribution in [1.29, 1.82) is 0 Å². The second-order valence-electron chi connectivity index (χ2n) is 20.9. The Bertz CT molecular complexity index is 1480. The second-order valence-corrected chi connectivity index (χ2v) is 20.9. The Labute approximate surface area is 464 Å². The average molecular weight is 1040 g/mol. The van der Waals surface area contributed by atoms with Crippen LogP contribution in [0.1, 0.15) is 303 Å². The van der Waals surface area contributed by atoms with Gasteiger partial charge in [0.15, 0.2) is 6.10 Å². The highest BCUT2D eigenvalue weighted by Crippen LogP contribution is 2.16. The van der Waals surface area contributed by atoms with Crippen molar-refractivity contribution in [2.75, 3.05) is 13.2 Å². The molecule has 0 aromatic heterocycles. The van der Waals surface area contributed by atoms with Crippen LogP contribution >= 0.6 is 0 Å². The summed E-state index contributed by atoms with van der Waals surface area (Å²) in [4.78, 5) is 38.3. The predicted octanol–water partition coefficient (Wildman–Crippen LogP) is 21.7. The summed E-state index contributed by atoms with van der Waals surface area (Å²) in [7, 11) is 0. The molecule has 0 aliphatic carbocycles. The van der Waals surface area contributed by atoms with Gasteiger partial charge in [-0.15, -0.1) is 0 Å². The third kappa shape index (κ3) is 61.1. The van der Waals surface area contributed by atoms with Crippen LogP contribution in [0.3, 0.4) is 0 Å². The smallest absolute Gasteiger partial charge is 0.306 e. The van der Waals surface area contributed by atoms with Gasteiger partial charge < -0.3 is 14.2 Å². The van der Waals surface area contributed by atoms with Gasteiger partial charge in [-0.05, 0) is 96.3 Å². The molecule has 0 aliphatic heterocycles. The Morgan fingerprint density at radius 3 is 0.813 bits per heavy atom. The molecule has 0 heterocycles. The molecule has 0 N–H and O–H groups in total. The first-order chi connectivity index (χ1) is 37.0. The number of ether oxygens (including phenoxy) is 3. The van der Waals surface area contributed by atoms with E-state index in [-0.39, 0.29) is 31.1 Å². The van der Waals surface area contributed by atoms with Crippen molar-refractivity contribution in [3.63, 3.8) is 0 Å². The molecule has 0 saturated carbocycles. The van der Waals surface area contributed by atoms with Crippen molar-refractivity contribution in [2.45, 2.75) is 309 Å². The fourth-order valence-electron chi connectivity index (χ4n) is 8.90. The average Bonchev–Trinajstić information content (AvgIpc) is 3.41. The van der Waals surface area contributed by atoms with Gasteiger partial charge in [0, 0.05) is 19.3 Å². The zero-order valence-corrected chi connectivity index (χ0v) is 49.3. The normalized spacial score (nSPS) is 12.7. The quantitative estimate of drug-likeness (QED) is 0.0261. The highest BCUT2D eigenvalue weighted by atomic mass is 16.6. The highest BCUT2D eigenvalue weighted by Gasteiger charge is 2.19. The van der Waals surface area contributed by atoms with E-state index in [0.29, 0.717) is 19.3 Å². The maximum atomic E-state index is 12.9. The van der Waals surface area contributed by atoms with Crippen LogP contribution in [0.25, 0.3) is 0 Å². The van der Waals surface area contributed by atoms with Crippen LogP contribution in [-0.2, 0) is 28.6 Å². The predicted molar refractivity (Wildman–Crippen MR) is 325 cm³/mol. The van der Waals surface area contributed by atoms with E-state index in [2.05, 4.69) is 118 Å². The van der Waals surface area contributed by atoms with Crippen LogP contribution in [0, 0.1) is 0 Å². The van der Waals surface area contributed by atoms with E-state index in [1.807, 2.05) is 0 Å². The molecule has 430 valence electrons. The minimum Gasteiger partial charge on any atom is -0.462 e. The van der Waals surface area contributed by atoms with E-state index in [1.54, 1.807) is 0 Å². The van der Waals surface area contributed by atoms with Crippen LogP contribution in [-0.4, -0.2) is 37.2 Å². The fourth-order valence-corrected chi connectivity index (χ4v) is 8.90. The van der Waals surface area contributed by atoms with E-state index >= 15 is 0 Å². The number of hydrogen-bond acceptors (Lipinski definition) is 6. The van der Waals surface area contributed by atoms with Crippen molar-refractivity contribution in [3.8, 4) is 0 Å². The van der Waals surface area contributed by atoms with Crippen LogP contribution < -0.4 is 0 Å². The number of allylic oxidation sites excluding steroid dienone is 16. The lowest BCUT2D eigenvalue weighted by Gasteiger charge is -2.18. The Balaban J connectivity index is 4.29. The number of carbonyl (C=O) groups excluding carboxylic acids is 3. The maximum absolute atomic E-state index is 12.9. The maximum Gasteiger partial charge on any atom is 0.306 e. The molecule has 0 bridgehead atoms. The molecule has 1 atom stereocenters. The van der Waals surface area contributed by atoms with Crippen LogP contribution in [0.5, 0.6) is 0 Å². The third-order valence-corrected chi connectivity index (χ3v) is 13.6. The van der Waals surface area contributed by atoms with Crippen molar-refractivity contribution < 1.29 is 28.6 Å². The van der Waals surface area contributed by atoms with Gasteiger partial charge >= 0.3 is 17.9 Å². The van der Waals surface area contributed by atoms with Crippen molar-refractivity contribution in [1.82, 2.24) is 0 Å². The molecule has 0 spiro atoms. The first-order valence-electron chi connectivity index (χ1n) is 31.7. The first-order valence-corrected chi connectivity index (χ1v) is 31.7. The summed E-state index contributed by atoms with van der Waals surface area (Å²) in [5.74, 6) is -0.877. The van der Waals surface area contributed by atoms with Crippen LogP contribution in [0.15, 0.2) is 97.2 Å². The second kappa shape index (κ2) is 62.9. The van der Waals surface area contributed by atoms with Gasteiger partial charge in [-0.3, -0.25) is 14.4 Å². The summed E-state index contributed by atoms with van der Waals surface area (Å²) in [6.07, 6.45) is 84.1. The molecular formula is C69H118O6. The summed E-state index contributed by atoms with van der Waals surface area (Å²) >= 11 is 0. The largest absolute Gasteiger partial charge is 0.462 e. The molecule has 6 heteroatoms. The van der Waals surface area contributed by atoms with Gasteiger partial charge in [0.2, 0.25) is 0 Å². The van der Waals surface area contributed by atoms with Crippen molar-refractivity contribution in [3.05, 3.63) is 97.2 Å². The Hall–Kier alpha value is -3.67. The zero-order valence-electron chi connectivity index (χ0n) is 49.3. The van der Waals surface area contributed by atoms with E-state index < -0.39 is 6.10 Å². The zero-order chi connectivity index (χ0) is 54.3. The number of carbonyl (C=O) groups is 3. The molecule has 0 saturated heterocycles. The molecule has 0 radical (unpaired) electrons. The van der Waals surface area contributed by atoms with Gasteiger partial charge in [0.25, 0.3) is 0 Å². The molecule has 0 rings (SSSR count). The van der Waals surface area contributed by atoms with Gasteiger partial charge in [0.05, 0.1) is 0 Å². The molecule has 75 heavy (non-hydrogen) atoms. The molecular weight excluding hydrogens is 925 g/mol. The summed E-state index contributed by atoms with van der Waals surface area (Å²) in [5, 5.41) is 0. The lowest BCUT2D eigenvalue weighted by Crippen LogP contribution is -2.30. The SMILES string of the molecule is CC/C=C\C/C=C\C/C=C\C/C=C\CCCCCCCCCCCCC(=O)OCC(COC(=O)CCCCCCCCCCCCC)OC(=O)CCCCCCCCCCCC/C=C\C/C=C\C/C=C\C/C=C\CC. The number of hydrogen-bond donors (Lipinski definition) is 0. The Morgan fingerprint density at radius 1 is 0.280 bits per heavy atom. The third-order valence-electron chi connectivity index (χ3n) is 13.6. The number of esters is 3. The lowest BCUT2D eigenvalue weighted by atomic mass is 10.0. The van der Waals surface area contributed by atoms with E-state index in [9.17, 15) is 14.4 Å². The van der Waals surface area contributed by atoms with E-state index in [0.717, 1.165) is 109 Å². The van der Waals surface area contributed by atoms with Gasteiger partial charge in [0.1, 0.15) is 13.2 Å². The lowest BCUT2D eigenvalue weighted by molar-refractivity contribution is -0.167. The standard InChI is InChI=1S/C69H118O6/c1-4-7-10-13-16-19-22-24-26-28-30-32-34-36-38-40-42-44-47-50-53-56-59-62-68(71)74-65-66(64-73-67(70)61-58-55-52-49-46-21-18-15-12-9-6-3)75-69(72)63-60-57-54-51-48-45-43-41-39-37-35-33-31-29-27-25-23-20-17-14-11-8-5-2/h7-8,10-11,16-17,19-20,24-27,30-33,66H,4-6,9,12-15,18,21-23,28-29,34-65H2,1-3H3/b10-7-,11-8-,19-16-,20-17-,26-24-,27-25-,32-30-,33-31-. The minimum absolute atomic E-state index is 0.0778. The summed E-state index contributed by atoms with van der Waals surface area (Å²) < 4.78 is 16.9. The number of unbranched alkanes of at least 4 members (excludes halogenated alkanes) is 30. The van der Waals surface area contributed by atoms with Crippen molar-refractivity contribution in [2.24, 2.45) is 0 Å². The fraction of sp³-hybridized carbons (Fsp3) is 0.725. The molecule has 0 aromatic carbocycles. The summed E-state index contributed by atoms with van der Waals surface area (Å²) in [5.41, 5.74) is 0. The molecule has 0 aliphatic rings. The first kappa shape index (κ1) is 71.3. The molecule has 0 fully saturated rings. The van der Waals surface area contributed by atoms with Crippen LogP contribution in [0.4, 0.5) is 0 Å². The Kier molecular flexibility index (Phi) is 59.8. The van der Waals surface area contributed by atoms with E-state index in [1.165, 1.54) is 154 Å². The number of rotatable bonds is 57. The highest BCUT2D eigenvalue weighted by molar-refractivity contribution is 5.71. The van der Waals surface area contributed by atoms with Gasteiger partial charge in [-0.1, -0.05) is 285 Å². The summed E-state index contributed by atoms with van der Waals surface area (Å²) in [6.45, 7) is 6.43. The molecule has 0 amide bonds. The monoisotopic (exact) mass is 1040 g/mol. The molecule has 1 unspecified atom stereocenters. The van der Waals surface area contributed by atoms with Crippen molar-refractivity contribution >= 4 is 17.9 Å². The topological polar surface area (TPSA) is 78.9 Å². The molecule has 6 nitrogen and oxygen atoms in total. The van der Waals surface area contributed by atoms with E-state index in [4.69, 9.17) is 14.2 Å². The minimum atomic E-state index is -0.781. The Morgan fingerprint density at radius 2 is 0.520 bits per heavy atom. The van der Waals surface area contributed by atoms with Gasteiger partial charge in [-0.2, -0.15) is 0 Å². The summed E-state index contributed by atoms with van der Waals surface area (Å²) in [6, 6.07) is 0. The van der Waals surface area contributed by atoms with Gasteiger partial charge in [-0.25, -0.2) is 0 Å². The van der Waals surface area contributed by atoms with Crippen LogP contribution in [0.2, 0.25) is 0 Å². The molecule has 0 aromatic rings.